The monoisotopic (exact) mass is 401 g/mol. The first kappa shape index (κ1) is 21.0. The lowest BCUT2D eigenvalue weighted by Crippen LogP contribution is -2.45. The van der Waals surface area contributed by atoms with E-state index in [1.165, 1.54) is 0 Å². The van der Waals surface area contributed by atoms with E-state index in [9.17, 15) is 9.59 Å². The fourth-order valence-electron chi connectivity index (χ4n) is 3.24. The molecule has 2 amide bonds. The smallest absolute Gasteiger partial charge is 0.253 e. The van der Waals surface area contributed by atoms with E-state index in [4.69, 9.17) is 16.3 Å². The van der Waals surface area contributed by atoms with E-state index >= 15 is 0 Å². The Labute approximate surface area is 165 Å². The topological polar surface area (TPSA) is 61.9 Å². The van der Waals surface area contributed by atoms with Crippen LogP contribution in [0.2, 0.25) is 5.02 Å². The number of benzene rings is 1. The predicted molar refractivity (Wildman–Crippen MR) is 103 cm³/mol. The Morgan fingerprint density at radius 3 is 2.50 bits per heavy atom. The molecule has 26 heavy (non-hydrogen) atoms. The molecule has 1 atom stereocenters. The van der Waals surface area contributed by atoms with Gasteiger partial charge in [-0.05, 0) is 30.7 Å². The number of hydrogen-bond donors (Lipinski definition) is 1. The van der Waals surface area contributed by atoms with Crippen LogP contribution in [0.25, 0.3) is 0 Å². The molecule has 2 heterocycles. The summed E-state index contributed by atoms with van der Waals surface area (Å²) in [6.07, 6.45) is 1.24. The van der Waals surface area contributed by atoms with Gasteiger partial charge >= 0.3 is 0 Å². The highest BCUT2D eigenvalue weighted by Gasteiger charge is 2.25. The Hall–Kier alpha value is -1.34. The van der Waals surface area contributed by atoms with Crippen LogP contribution in [0.3, 0.4) is 0 Å². The Morgan fingerprint density at radius 1 is 1.12 bits per heavy atom. The average molecular weight is 402 g/mol. The molecule has 2 aliphatic rings. The first-order valence-electron chi connectivity index (χ1n) is 8.77. The third-order valence-corrected chi connectivity index (χ3v) is 4.90. The van der Waals surface area contributed by atoms with Gasteiger partial charge in [0.2, 0.25) is 5.91 Å². The van der Waals surface area contributed by atoms with Crippen molar-refractivity contribution in [2.24, 2.45) is 0 Å². The van der Waals surface area contributed by atoms with Gasteiger partial charge in [0.05, 0.1) is 13.2 Å². The van der Waals surface area contributed by atoms with Gasteiger partial charge in [0, 0.05) is 55.8 Å². The highest BCUT2D eigenvalue weighted by molar-refractivity contribution is 6.30. The highest BCUT2D eigenvalue weighted by Crippen LogP contribution is 2.14. The van der Waals surface area contributed by atoms with Crippen LogP contribution in [-0.4, -0.2) is 73.6 Å². The van der Waals surface area contributed by atoms with Crippen molar-refractivity contribution < 1.29 is 14.3 Å². The zero-order valence-corrected chi connectivity index (χ0v) is 16.2. The van der Waals surface area contributed by atoms with Gasteiger partial charge in [0.1, 0.15) is 0 Å². The van der Waals surface area contributed by atoms with Crippen molar-refractivity contribution in [3.05, 3.63) is 34.9 Å². The van der Waals surface area contributed by atoms with Crippen LogP contribution < -0.4 is 5.32 Å². The molecular weight excluding hydrogens is 377 g/mol. The van der Waals surface area contributed by atoms with Gasteiger partial charge in [-0.25, -0.2) is 0 Å². The normalized spacial score (nSPS) is 20.9. The molecule has 2 fully saturated rings. The van der Waals surface area contributed by atoms with Gasteiger partial charge in [0.25, 0.3) is 5.91 Å². The van der Waals surface area contributed by atoms with Crippen LogP contribution in [0, 0.1) is 0 Å². The van der Waals surface area contributed by atoms with Crippen molar-refractivity contribution in [1.82, 2.24) is 15.1 Å². The molecule has 0 spiro atoms. The number of morpholine rings is 1. The second-order valence-corrected chi connectivity index (χ2v) is 6.90. The molecule has 0 saturated carbocycles. The number of nitrogens with one attached hydrogen (secondary N) is 1. The van der Waals surface area contributed by atoms with Gasteiger partial charge in [-0.1, -0.05) is 11.6 Å². The molecule has 2 saturated heterocycles. The summed E-state index contributed by atoms with van der Waals surface area (Å²) >= 11 is 5.88. The Balaban J connectivity index is 0.00000243. The average Bonchev–Trinajstić information content (AvgIpc) is 2.89. The van der Waals surface area contributed by atoms with Crippen molar-refractivity contribution in [3.63, 3.8) is 0 Å². The summed E-state index contributed by atoms with van der Waals surface area (Å²) in [5.41, 5.74) is 0.632. The van der Waals surface area contributed by atoms with Gasteiger partial charge in [0.15, 0.2) is 0 Å². The van der Waals surface area contributed by atoms with Gasteiger partial charge in [-0.2, -0.15) is 0 Å². The molecule has 1 aromatic carbocycles. The van der Waals surface area contributed by atoms with E-state index in [0.717, 1.165) is 13.0 Å². The summed E-state index contributed by atoms with van der Waals surface area (Å²) in [6, 6.07) is 7.03. The van der Waals surface area contributed by atoms with Crippen molar-refractivity contribution in [2.45, 2.75) is 18.9 Å². The first-order valence-corrected chi connectivity index (χ1v) is 9.15. The lowest BCUT2D eigenvalue weighted by molar-refractivity contribution is -0.132. The Morgan fingerprint density at radius 2 is 1.81 bits per heavy atom. The van der Waals surface area contributed by atoms with E-state index in [-0.39, 0.29) is 30.3 Å². The molecule has 1 N–H and O–H groups in total. The Bertz CT molecular complexity index is 606. The van der Waals surface area contributed by atoms with Crippen LogP contribution in [0.1, 0.15) is 23.2 Å². The van der Waals surface area contributed by atoms with Crippen molar-refractivity contribution in [1.29, 1.82) is 0 Å². The molecule has 0 aromatic heterocycles. The molecular formula is C18H25Cl2N3O3. The minimum absolute atomic E-state index is 0. The highest BCUT2D eigenvalue weighted by atomic mass is 35.5. The first-order chi connectivity index (χ1) is 12.1. The number of nitrogens with zero attached hydrogens (tertiary/aromatic N) is 2. The zero-order chi connectivity index (χ0) is 17.6. The molecule has 1 unspecified atom stereocenters. The summed E-state index contributed by atoms with van der Waals surface area (Å²) < 4.78 is 5.41. The predicted octanol–water partition coefficient (Wildman–Crippen LogP) is 1.81. The lowest BCUT2D eigenvalue weighted by Gasteiger charge is -2.27. The van der Waals surface area contributed by atoms with Gasteiger partial charge in [-0.15, -0.1) is 12.4 Å². The maximum atomic E-state index is 12.6. The number of carbonyl (C=O) groups excluding carboxylic acids is 2. The van der Waals surface area contributed by atoms with Crippen LogP contribution in [0.4, 0.5) is 0 Å². The van der Waals surface area contributed by atoms with Crippen molar-refractivity contribution in [3.8, 4) is 0 Å². The van der Waals surface area contributed by atoms with E-state index < -0.39 is 0 Å². The minimum atomic E-state index is -0.00619. The van der Waals surface area contributed by atoms with Crippen LogP contribution in [0.5, 0.6) is 0 Å². The van der Waals surface area contributed by atoms with E-state index in [1.54, 1.807) is 24.3 Å². The van der Waals surface area contributed by atoms with Crippen LogP contribution >= 0.6 is 24.0 Å². The fourth-order valence-corrected chi connectivity index (χ4v) is 3.36. The summed E-state index contributed by atoms with van der Waals surface area (Å²) in [4.78, 5) is 28.8. The zero-order valence-electron chi connectivity index (χ0n) is 14.7. The molecule has 8 heteroatoms. The number of ether oxygens (including phenoxy) is 1. The summed E-state index contributed by atoms with van der Waals surface area (Å²) in [5, 5.41) is 3.93. The van der Waals surface area contributed by atoms with E-state index in [1.807, 2.05) is 9.80 Å². The van der Waals surface area contributed by atoms with Crippen LogP contribution in [-0.2, 0) is 9.53 Å². The third kappa shape index (κ3) is 5.58. The van der Waals surface area contributed by atoms with Crippen molar-refractivity contribution in [2.75, 3.05) is 45.9 Å². The van der Waals surface area contributed by atoms with Gasteiger partial charge in [-0.3, -0.25) is 9.59 Å². The number of carbonyl (C=O) groups is 2. The maximum absolute atomic E-state index is 12.6. The second kappa shape index (κ2) is 10.1. The molecule has 1 aromatic rings. The fraction of sp³-hybridized carbons (Fsp3) is 0.556. The number of rotatable bonds is 3. The van der Waals surface area contributed by atoms with Crippen molar-refractivity contribution >= 4 is 35.8 Å². The number of hydrogen-bond acceptors (Lipinski definition) is 4. The SMILES string of the molecule is Cl.O=C(CC1COCCN1)N1CCCN(C(=O)c2ccc(Cl)cc2)CC1. The molecule has 3 rings (SSSR count). The second-order valence-electron chi connectivity index (χ2n) is 6.46. The van der Waals surface area contributed by atoms with E-state index in [2.05, 4.69) is 5.32 Å². The molecule has 6 nitrogen and oxygen atoms in total. The van der Waals surface area contributed by atoms with E-state index in [0.29, 0.717) is 56.4 Å². The van der Waals surface area contributed by atoms with Gasteiger partial charge < -0.3 is 19.9 Å². The summed E-state index contributed by atoms with van der Waals surface area (Å²) in [7, 11) is 0. The molecule has 2 aliphatic heterocycles. The quantitative estimate of drug-likeness (QED) is 0.838. The van der Waals surface area contributed by atoms with Crippen LogP contribution in [0.15, 0.2) is 24.3 Å². The lowest BCUT2D eigenvalue weighted by atomic mass is 10.1. The molecule has 144 valence electrons. The molecule has 0 aliphatic carbocycles. The largest absolute Gasteiger partial charge is 0.378 e. The molecule has 0 radical (unpaired) electrons. The Kier molecular flexibility index (Phi) is 8.15. The number of halogens is 2. The molecule has 0 bridgehead atoms. The summed E-state index contributed by atoms with van der Waals surface area (Å²) in [6.45, 7) is 4.57. The number of amides is 2. The minimum Gasteiger partial charge on any atom is -0.378 e. The third-order valence-electron chi connectivity index (χ3n) is 4.65. The summed E-state index contributed by atoms with van der Waals surface area (Å²) in [5.74, 6) is 0.122. The maximum Gasteiger partial charge on any atom is 0.253 e. The standard InChI is InChI=1S/C18H24ClN3O3.ClH/c19-15-4-2-14(3-5-15)18(24)22-8-1-7-21(9-10-22)17(23)12-16-13-25-11-6-20-16;/h2-5,16,20H,1,6-13H2;1H.